The number of hydrogen-bond donors (Lipinski definition) is 0. The van der Waals surface area contributed by atoms with Gasteiger partial charge in [-0.25, -0.2) is 8.42 Å². The number of thioether (sulfide) groups is 1. The van der Waals surface area contributed by atoms with Crippen molar-refractivity contribution in [1.29, 1.82) is 0 Å². The van der Waals surface area contributed by atoms with Gasteiger partial charge in [0.1, 0.15) is 6.54 Å². The van der Waals surface area contributed by atoms with Crippen LogP contribution in [0.2, 0.25) is 0 Å². The van der Waals surface area contributed by atoms with Gasteiger partial charge in [-0.15, -0.1) is 11.8 Å². The number of carbonyl (C=O) groups is 3. The molecular weight excluding hydrogens is 454 g/mol. The van der Waals surface area contributed by atoms with E-state index in [0.29, 0.717) is 11.6 Å². The quantitative estimate of drug-likeness (QED) is 0.566. The smallest absolute Gasteiger partial charge is 0.326 e. The number of esters is 1. The monoisotopic (exact) mass is 477 g/mol. The van der Waals surface area contributed by atoms with Gasteiger partial charge in [0, 0.05) is 26.2 Å². The highest BCUT2D eigenvalue weighted by Gasteiger charge is 2.31. The molecule has 2 saturated heterocycles. The normalized spacial score (nSPS) is 17.7. The summed E-state index contributed by atoms with van der Waals surface area (Å²) in [5.41, 5.74) is 0. The maximum atomic E-state index is 13.0. The summed E-state index contributed by atoms with van der Waals surface area (Å²) in [4.78, 5) is 38.9. The summed E-state index contributed by atoms with van der Waals surface area (Å²) in [5.74, 6) is -0.356. The van der Waals surface area contributed by atoms with Crippen molar-refractivity contribution in [3.8, 4) is 0 Å². The molecule has 2 aliphatic heterocycles. The van der Waals surface area contributed by atoms with Crippen molar-refractivity contribution >= 4 is 50.3 Å². The fourth-order valence-electron chi connectivity index (χ4n) is 3.63. The number of nitrogens with zero attached hydrogens (tertiary/aromatic N) is 3. The summed E-state index contributed by atoms with van der Waals surface area (Å²) in [7, 11) is -3.68. The first-order valence-electron chi connectivity index (χ1n) is 10.1. The summed E-state index contributed by atoms with van der Waals surface area (Å²) >= 11 is 1.42. The van der Waals surface area contributed by atoms with E-state index in [4.69, 9.17) is 4.74 Å². The fourth-order valence-corrected chi connectivity index (χ4v) is 5.99. The van der Waals surface area contributed by atoms with E-state index in [0.717, 1.165) is 10.8 Å². The van der Waals surface area contributed by atoms with Gasteiger partial charge in [0.25, 0.3) is 5.91 Å². The molecule has 0 saturated carbocycles. The van der Waals surface area contributed by atoms with E-state index in [1.165, 1.54) is 25.9 Å². The molecule has 2 aliphatic rings. The van der Waals surface area contributed by atoms with E-state index in [1.807, 2.05) is 24.3 Å². The van der Waals surface area contributed by atoms with Crippen molar-refractivity contribution in [2.24, 2.45) is 0 Å². The molecule has 2 fully saturated rings. The van der Waals surface area contributed by atoms with Crippen molar-refractivity contribution in [2.45, 2.75) is 4.90 Å². The molecule has 0 aliphatic carbocycles. The second-order valence-electron chi connectivity index (χ2n) is 7.52. The topological polar surface area (TPSA) is 104 Å². The van der Waals surface area contributed by atoms with E-state index in [2.05, 4.69) is 0 Å². The minimum absolute atomic E-state index is 0.123. The Balaban J connectivity index is 1.29. The van der Waals surface area contributed by atoms with Crippen LogP contribution in [0.4, 0.5) is 0 Å². The number of benzene rings is 2. The lowest BCUT2D eigenvalue weighted by molar-refractivity contribution is -0.154. The minimum Gasteiger partial charge on any atom is -0.454 e. The summed E-state index contributed by atoms with van der Waals surface area (Å²) in [6.45, 7) is 0.153. The van der Waals surface area contributed by atoms with Gasteiger partial charge in [-0.2, -0.15) is 4.31 Å². The molecule has 0 unspecified atom stereocenters. The van der Waals surface area contributed by atoms with Crippen LogP contribution in [0.3, 0.4) is 0 Å². The van der Waals surface area contributed by atoms with Crippen LogP contribution in [0.15, 0.2) is 47.4 Å². The average molecular weight is 478 g/mol. The van der Waals surface area contributed by atoms with Crippen LogP contribution in [0.5, 0.6) is 0 Å². The first-order valence-corrected chi connectivity index (χ1v) is 12.7. The molecule has 0 radical (unpaired) electrons. The van der Waals surface area contributed by atoms with Crippen LogP contribution >= 0.6 is 11.8 Å². The van der Waals surface area contributed by atoms with Gasteiger partial charge in [-0.05, 0) is 22.9 Å². The van der Waals surface area contributed by atoms with Crippen LogP contribution in [-0.4, -0.2) is 91.3 Å². The molecule has 2 aromatic carbocycles. The highest BCUT2D eigenvalue weighted by atomic mass is 32.2. The molecule has 2 heterocycles. The SMILES string of the molecule is O=C(CN1CSCC1=O)OCC(=O)N1CCN(S(=O)(=O)c2ccc3ccccc3c2)CC1. The number of sulfonamides is 1. The zero-order valence-electron chi connectivity index (χ0n) is 17.3. The van der Waals surface area contributed by atoms with Crippen LogP contribution in [-0.2, 0) is 29.1 Å². The zero-order chi connectivity index (χ0) is 22.7. The minimum atomic E-state index is -3.68. The third-order valence-electron chi connectivity index (χ3n) is 5.45. The first-order chi connectivity index (χ1) is 15.3. The molecule has 11 heteroatoms. The Hall–Kier alpha value is -2.63. The first kappa shape index (κ1) is 22.6. The predicted octanol–water partition coefficient (Wildman–Crippen LogP) is 0.749. The molecule has 9 nitrogen and oxygen atoms in total. The zero-order valence-corrected chi connectivity index (χ0v) is 18.9. The third kappa shape index (κ3) is 4.89. The molecule has 0 spiro atoms. The Bertz CT molecular complexity index is 1150. The number of carbonyl (C=O) groups excluding carboxylic acids is 3. The molecule has 0 aromatic heterocycles. The van der Waals surface area contributed by atoms with E-state index >= 15 is 0 Å². The third-order valence-corrected chi connectivity index (χ3v) is 8.29. The van der Waals surface area contributed by atoms with Gasteiger partial charge in [-0.1, -0.05) is 30.3 Å². The Labute approximate surface area is 190 Å². The highest BCUT2D eigenvalue weighted by Crippen LogP contribution is 2.23. The number of piperazine rings is 1. The van der Waals surface area contributed by atoms with Crippen molar-refractivity contribution < 1.29 is 27.5 Å². The molecule has 4 rings (SSSR count). The van der Waals surface area contributed by atoms with Crippen LogP contribution in [0.25, 0.3) is 10.8 Å². The Morgan fingerprint density at radius 2 is 1.72 bits per heavy atom. The number of hydrogen-bond acceptors (Lipinski definition) is 7. The van der Waals surface area contributed by atoms with Gasteiger partial charge in [0.05, 0.1) is 16.5 Å². The standard InChI is InChI=1S/C21H23N3O6S2/c25-19(13-30-21(27)12-23-15-31-14-20(23)26)22-7-9-24(10-8-22)32(28,29)18-6-5-16-3-1-2-4-17(16)11-18/h1-6,11H,7-10,12-15H2. The maximum absolute atomic E-state index is 13.0. The Morgan fingerprint density at radius 1 is 1.00 bits per heavy atom. The van der Waals surface area contributed by atoms with Crippen LogP contribution < -0.4 is 0 Å². The van der Waals surface area contributed by atoms with Crippen molar-refractivity contribution in [2.75, 3.05) is 51.0 Å². The van der Waals surface area contributed by atoms with Gasteiger partial charge >= 0.3 is 5.97 Å². The number of fused-ring (bicyclic) bond motifs is 1. The Morgan fingerprint density at radius 3 is 2.41 bits per heavy atom. The fraction of sp³-hybridized carbons (Fsp3) is 0.381. The summed E-state index contributed by atoms with van der Waals surface area (Å²) < 4.78 is 32.4. The number of rotatable bonds is 6. The van der Waals surface area contributed by atoms with Gasteiger partial charge in [0.15, 0.2) is 6.61 Å². The lowest BCUT2D eigenvalue weighted by Crippen LogP contribution is -2.51. The Kier molecular flexibility index (Phi) is 6.68. The molecular formula is C21H23N3O6S2. The number of ether oxygens (including phenoxy) is 1. The van der Waals surface area contributed by atoms with E-state index in [-0.39, 0.29) is 49.4 Å². The summed E-state index contributed by atoms with van der Waals surface area (Å²) in [6.07, 6.45) is 0. The van der Waals surface area contributed by atoms with Gasteiger partial charge in [-0.3, -0.25) is 14.4 Å². The van der Waals surface area contributed by atoms with E-state index in [1.54, 1.807) is 18.2 Å². The van der Waals surface area contributed by atoms with Gasteiger partial charge < -0.3 is 14.5 Å². The van der Waals surface area contributed by atoms with Crippen molar-refractivity contribution in [3.05, 3.63) is 42.5 Å². The second-order valence-corrected chi connectivity index (χ2v) is 10.4. The molecule has 32 heavy (non-hydrogen) atoms. The van der Waals surface area contributed by atoms with E-state index < -0.39 is 22.6 Å². The second kappa shape index (κ2) is 9.47. The lowest BCUT2D eigenvalue weighted by Gasteiger charge is -2.34. The number of amides is 2. The maximum Gasteiger partial charge on any atom is 0.326 e. The molecule has 0 N–H and O–H groups in total. The van der Waals surface area contributed by atoms with E-state index in [9.17, 15) is 22.8 Å². The summed E-state index contributed by atoms with van der Waals surface area (Å²) in [6, 6.07) is 12.6. The molecule has 170 valence electrons. The lowest BCUT2D eigenvalue weighted by atomic mass is 10.1. The van der Waals surface area contributed by atoms with Crippen LogP contribution in [0.1, 0.15) is 0 Å². The molecule has 0 atom stereocenters. The van der Waals surface area contributed by atoms with Crippen molar-refractivity contribution in [3.63, 3.8) is 0 Å². The molecule has 0 bridgehead atoms. The van der Waals surface area contributed by atoms with Crippen LogP contribution in [0, 0.1) is 0 Å². The highest BCUT2D eigenvalue weighted by molar-refractivity contribution is 8.00. The van der Waals surface area contributed by atoms with Gasteiger partial charge in [0.2, 0.25) is 15.9 Å². The largest absolute Gasteiger partial charge is 0.454 e. The predicted molar refractivity (Wildman–Crippen MR) is 119 cm³/mol. The summed E-state index contributed by atoms with van der Waals surface area (Å²) in [5, 5.41) is 1.81. The molecule has 2 aromatic rings. The average Bonchev–Trinajstić information content (AvgIpc) is 3.21. The van der Waals surface area contributed by atoms with Crippen molar-refractivity contribution in [1.82, 2.24) is 14.1 Å². The molecule has 2 amide bonds.